The fourth-order valence-corrected chi connectivity index (χ4v) is 2.85. The number of benzene rings is 2. The van der Waals surface area contributed by atoms with Gasteiger partial charge in [-0.1, -0.05) is 24.3 Å². The lowest BCUT2D eigenvalue weighted by atomic mass is 10.0. The molecule has 0 aromatic heterocycles. The van der Waals surface area contributed by atoms with Crippen LogP contribution in [0.3, 0.4) is 0 Å². The average Bonchev–Trinajstić information content (AvgIpc) is 2.77. The highest BCUT2D eigenvalue weighted by Crippen LogP contribution is 2.35. The highest BCUT2D eigenvalue weighted by Gasteiger charge is 2.21. The average molecular weight is 428 g/mol. The molecule has 0 saturated carbocycles. The van der Waals surface area contributed by atoms with Crippen molar-refractivity contribution >= 4 is 18.0 Å². The Bertz CT molecular complexity index is 962. The summed E-state index contributed by atoms with van der Waals surface area (Å²) in [6.45, 7) is 5.92. The van der Waals surface area contributed by atoms with Crippen LogP contribution in [0.1, 0.15) is 23.6 Å². The van der Waals surface area contributed by atoms with Crippen LogP contribution in [0.15, 0.2) is 54.6 Å². The van der Waals surface area contributed by atoms with E-state index in [0.29, 0.717) is 41.2 Å². The van der Waals surface area contributed by atoms with Crippen LogP contribution < -0.4 is 9.47 Å². The van der Waals surface area contributed by atoms with Gasteiger partial charge in [0.15, 0.2) is 11.5 Å². The van der Waals surface area contributed by atoms with Gasteiger partial charge in [-0.2, -0.15) is 0 Å². The molecule has 7 heteroatoms. The molecule has 0 aliphatic carbocycles. The number of carbonyl (C=O) groups is 2. The Morgan fingerprint density at radius 1 is 1.03 bits per heavy atom. The number of hydrogen-bond acceptors (Lipinski definition) is 6. The Hall–Kier alpha value is -3.61. The summed E-state index contributed by atoms with van der Waals surface area (Å²) in [5, 5.41) is 0. The van der Waals surface area contributed by atoms with Crippen LogP contribution in [0.2, 0.25) is 0 Å². The van der Waals surface area contributed by atoms with E-state index in [4.69, 9.17) is 9.47 Å². The standard InChI is InChI=1S/C24H25FO6/c1-5-9-17-12-16(13-19(23(26)28-3)24(27)29-4)14-21(30-6-2)22(17)31-15-18-10-7-8-11-20(18)25/h5,7-8,10-14H,1,6,9,15H2,2-4H3. The van der Waals surface area contributed by atoms with Gasteiger partial charge in [0.25, 0.3) is 0 Å². The maximum atomic E-state index is 14.0. The van der Waals surface area contributed by atoms with Crippen molar-refractivity contribution in [3.63, 3.8) is 0 Å². The summed E-state index contributed by atoms with van der Waals surface area (Å²) in [5.74, 6) is -1.20. The number of ether oxygens (including phenoxy) is 4. The summed E-state index contributed by atoms with van der Waals surface area (Å²) >= 11 is 0. The van der Waals surface area contributed by atoms with Crippen molar-refractivity contribution in [1.29, 1.82) is 0 Å². The minimum Gasteiger partial charge on any atom is -0.490 e. The first-order valence-electron chi connectivity index (χ1n) is 9.60. The first-order chi connectivity index (χ1) is 14.9. The molecule has 2 rings (SSSR count). The largest absolute Gasteiger partial charge is 0.490 e. The van der Waals surface area contributed by atoms with Crippen LogP contribution in [-0.4, -0.2) is 32.8 Å². The molecule has 164 valence electrons. The van der Waals surface area contributed by atoms with E-state index in [-0.39, 0.29) is 18.0 Å². The van der Waals surface area contributed by atoms with Gasteiger partial charge in [0.2, 0.25) is 0 Å². The molecule has 6 nitrogen and oxygen atoms in total. The topological polar surface area (TPSA) is 71.1 Å². The van der Waals surface area contributed by atoms with Crippen molar-refractivity contribution in [3.8, 4) is 11.5 Å². The molecule has 0 heterocycles. The zero-order valence-electron chi connectivity index (χ0n) is 17.8. The summed E-state index contributed by atoms with van der Waals surface area (Å²) in [6.07, 6.45) is 3.45. The number of methoxy groups -OCH3 is 2. The first kappa shape index (κ1) is 23.7. The molecule has 31 heavy (non-hydrogen) atoms. The van der Waals surface area contributed by atoms with Crippen molar-refractivity contribution in [2.45, 2.75) is 20.0 Å². The molecule has 0 fully saturated rings. The van der Waals surface area contributed by atoms with Crippen molar-refractivity contribution in [2.75, 3.05) is 20.8 Å². The number of halogens is 1. The molecule has 0 bridgehead atoms. The molecule has 0 spiro atoms. The molecule has 0 radical (unpaired) electrons. The molecule has 0 N–H and O–H groups in total. The normalized spacial score (nSPS) is 10.1. The Morgan fingerprint density at radius 2 is 1.71 bits per heavy atom. The van der Waals surface area contributed by atoms with E-state index in [1.165, 1.54) is 26.4 Å². The number of hydrogen-bond donors (Lipinski definition) is 0. The molecule has 2 aromatic carbocycles. The van der Waals surface area contributed by atoms with E-state index in [9.17, 15) is 14.0 Å². The molecule has 0 amide bonds. The second-order valence-corrected chi connectivity index (χ2v) is 6.35. The Balaban J connectivity index is 2.52. The number of rotatable bonds is 10. The van der Waals surface area contributed by atoms with Crippen LogP contribution in [-0.2, 0) is 32.1 Å². The molecular weight excluding hydrogens is 403 g/mol. The minimum absolute atomic E-state index is 0.00163. The van der Waals surface area contributed by atoms with Crippen molar-refractivity contribution in [3.05, 3.63) is 77.1 Å². The highest BCUT2D eigenvalue weighted by molar-refractivity contribution is 6.17. The fraction of sp³-hybridized carbons (Fsp3) is 0.250. The van der Waals surface area contributed by atoms with Gasteiger partial charge in [-0.15, -0.1) is 6.58 Å². The summed E-state index contributed by atoms with van der Waals surface area (Å²) in [6, 6.07) is 9.69. The van der Waals surface area contributed by atoms with Gasteiger partial charge in [0, 0.05) is 11.1 Å². The zero-order valence-corrected chi connectivity index (χ0v) is 17.8. The summed E-state index contributed by atoms with van der Waals surface area (Å²) < 4.78 is 35.0. The predicted molar refractivity (Wildman–Crippen MR) is 114 cm³/mol. The van der Waals surface area contributed by atoms with Gasteiger partial charge >= 0.3 is 11.9 Å². The smallest absolute Gasteiger partial charge is 0.345 e. The van der Waals surface area contributed by atoms with E-state index in [1.54, 1.807) is 36.4 Å². The molecule has 0 aliphatic rings. The van der Waals surface area contributed by atoms with E-state index in [0.717, 1.165) is 0 Å². The lowest BCUT2D eigenvalue weighted by Crippen LogP contribution is -2.15. The van der Waals surface area contributed by atoms with Gasteiger partial charge in [0.05, 0.1) is 20.8 Å². The minimum atomic E-state index is -0.824. The van der Waals surface area contributed by atoms with Gasteiger partial charge in [-0.05, 0) is 43.2 Å². The Labute approximate surface area is 180 Å². The zero-order chi connectivity index (χ0) is 22.8. The van der Waals surface area contributed by atoms with Gasteiger partial charge in [-0.3, -0.25) is 0 Å². The molecule has 0 saturated heterocycles. The first-order valence-corrected chi connectivity index (χ1v) is 9.60. The molecular formula is C24H25FO6. The van der Waals surface area contributed by atoms with Crippen LogP contribution >= 0.6 is 0 Å². The van der Waals surface area contributed by atoms with Gasteiger partial charge in [-0.25, -0.2) is 14.0 Å². The number of allylic oxidation sites excluding steroid dienone is 1. The van der Waals surface area contributed by atoms with E-state index < -0.39 is 11.9 Å². The lowest BCUT2D eigenvalue weighted by Gasteiger charge is -2.17. The number of esters is 2. The van der Waals surface area contributed by atoms with Crippen LogP contribution in [0.25, 0.3) is 6.08 Å². The lowest BCUT2D eigenvalue weighted by molar-refractivity contribution is -0.143. The summed E-state index contributed by atoms with van der Waals surface area (Å²) in [5.41, 5.74) is 1.33. The Morgan fingerprint density at radius 3 is 2.29 bits per heavy atom. The highest BCUT2D eigenvalue weighted by atomic mass is 19.1. The van der Waals surface area contributed by atoms with Crippen LogP contribution in [0, 0.1) is 5.82 Å². The van der Waals surface area contributed by atoms with Crippen molar-refractivity contribution < 1.29 is 32.9 Å². The SMILES string of the molecule is C=CCc1cc(C=C(C(=O)OC)C(=O)OC)cc(OCC)c1OCc1ccccc1F. The third-order valence-corrected chi connectivity index (χ3v) is 4.27. The quantitative estimate of drug-likeness (QED) is 0.185. The third-order valence-electron chi connectivity index (χ3n) is 4.27. The molecule has 0 atom stereocenters. The number of carbonyl (C=O) groups excluding carboxylic acids is 2. The Kier molecular flexibility index (Phi) is 8.81. The van der Waals surface area contributed by atoms with Crippen LogP contribution in [0.4, 0.5) is 4.39 Å². The predicted octanol–water partition coefficient (Wildman–Crippen LogP) is 4.26. The molecule has 0 unspecified atom stereocenters. The van der Waals surface area contributed by atoms with Crippen LogP contribution in [0.5, 0.6) is 11.5 Å². The van der Waals surface area contributed by atoms with Gasteiger partial charge < -0.3 is 18.9 Å². The van der Waals surface area contributed by atoms with E-state index in [1.807, 2.05) is 6.92 Å². The van der Waals surface area contributed by atoms with Gasteiger partial charge in [0.1, 0.15) is 18.0 Å². The second-order valence-electron chi connectivity index (χ2n) is 6.35. The fourth-order valence-electron chi connectivity index (χ4n) is 2.85. The second kappa shape index (κ2) is 11.5. The van der Waals surface area contributed by atoms with E-state index >= 15 is 0 Å². The summed E-state index contributed by atoms with van der Waals surface area (Å²) in [4.78, 5) is 24.0. The monoisotopic (exact) mass is 428 g/mol. The molecule has 0 aliphatic heterocycles. The van der Waals surface area contributed by atoms with Crippen molar-refractivity contribution in [2.24, 2.45) is 0 Å². The molecule has 2 aromatic rings. The maximum absolute atomic E-state index is 14.0. The third kappa shape index (κ3) is 6.18. The van der Waals surface area contributed by atoms with E-state index in [2.05, 4.69) is 16.1 Å². The van der Waals surface area contributed by atoms with Crippen molar-refractivity contribution in [1.82, 2.24) is 0 Å². The maximum Gasteiger partial charge on any atom is 0.345 e. The summed E-state index contributed by atoms with van der Waals surface area (Å²) in [7, 11) is 2.35.